The van der Waals surface area contributed by atoms with Gasteiger partial charge in [-0.15, -0.1) is 0 Å². The lowest BCUT2D eigenvalue weighted by Crippen LogP contribution is -2.05. The molecule has 1 atom stereocenters. The van der Waals surface area contributed by atoms with E-state index in [0.29, 0.717) is 11.3 Å². The van der Waals surface area contributed by atoms with Gasteiger partial charge in [0, 0.05) is 0 Å². The summed E-state index contributed by atoms with van der Waals surface area (Å²) in [6.07, 6.45) is -1.36. The van der Waals surface area contributed by atoms with Crippen molar-refractivity contribution in [2.75, 3.05) is 7.11 Å². The van der Waals surface area contributed by atoms with Crippen LogP contribution in [0.3, 0.4) is 0 Å². The van der Waals surface area contributed by atoms with E-state index in [1.165, 1.54) is 19.2 Å². The monoisotopic (exact) mass is 250 g/mol. The van der Waals surface area contributed by atoms with Crippen LogP contribution in [-0.2, 0) is 0 Å². The molecular formula is C14H12F2O2. The van der Waals surface area contributed by atoms with E-state index < -0.39 is 17.7 Å². The Balaban J connectivity index is 2.44. The molecule has 0 aliphatic heterocycles. The van der Waals surface area contributed by atoms with Gasteiger partial charge < -0.3 is 9.84 Å². The number of aliphatic hydroxyl groups excluding tert-OH is 1. The van der Waals surface area contributed by atoms with Crippen molar-refractivity contribution < 1.29 is 18.6 Å². The van der Waals surface area contributed by atoms with Crippen LogP contribution in [0.2, 0.25) is 0 Å². The lowest BCUT2D eigenvalue weighted by molar-refractivity contribution is 0.208. The molecule has 0 amide bonds. The van der Waals surface area contributed by atoms with Gasteiger partial charge in [0.1, 0.15) is 23.5 Å². The minimum Gasteiger partial charge on any atom is -0.497 e. The highest BCUT2D eigenvalue weighted by molar-refractivity contribution is 5.36. The molecule has 1 unspecified atom stereocenters. The summed E-state index contributed by atoms with van der Waals surface area (Å²) in [5, 5.41) is 10.0. The van der Waals surface area contributed by atoms with Crippen LogP contribution in [0.4, 0.5) is 8.78 Å². The molecule has 0 spiro atoms. The predicted molar refractivity (Wildman–Crippen MR) is 63.4 cm³/mol. The van der Waals surface area contributed by atoms with Crippen LogP contribution in [0, 0.1) is 11.6 Å². The first-order chi connectivity index (χ1) is 8.63. The molecule has 2 aromatic carbocycles. The fraction of sp³-hybridized carbons (Fsp3) is 0.143. The summed E-state index contributed by atoms with van der Waals surface area (Å²) in [5.74, 6) is -1.03. The zero-order valence-corrected chi connectivity index (χ0v) is 9.73. The Hall–Kier alpha value is -1.94. The molecule has 0 saturated carbocycles. The normalized spacial score (nSPS) is 12.2. The molecule has 0 fully saturated rings. The molecule has 2 rings (SSSR count). The van der Waals surface area contributed by atoms with Crippen LogP contribution in [0.1, 0.15) is 17.2 Å². The summed E-state index contributed by atoms with van der Waals surface area (Å²) in [7, 11) is 1.48. The Morgan fingerprint density at radius 3 is 2.28 bits per heavy atom. The molecule has 0 radical (unpaired) electrons. The van der Waals surface area contributed by atoms with Crippen molar-refractivity contribution in [3.05, 3.63) is 65.2 Å². The Labute approximate surface area is 103 Å². The van der Waals surface area contributed by atoms with E-state index in [1.54, 1.807) is 18.2 Å². The van der Waals surface area contributed by atoms with Gasteiger partial charge in [0.15, 0.2) is 0 Å². The van der Waals surface area contributed by atoms with Gasteiger partial charge in [0.25, 0.3) is 0 Å². The highest BCUT2D eigenvalue weighted by Gasteiger charge is 2.19. The standard InChI is InChI=1S/C14H12F2O2/c1-18-10-5-2-4-9(8-10)14(17)13-11(15)6-3-7-12(13)16/h2-8,14,17H,1H3. The highest BCUT2D eigenvalue weighted by atomic mass is 19.1. The maximum Gasteiger partial charge on any atom is 0.132 e. The lowest BCUT2D eigenvalue weighted by Gasteiger charge is -2.14. The number of benzene rings is 2. The number of halogens is 2. The molecule has 0 heterocycles. The Morgan fingerprint density at radius 1 is 1.06 bits per heavy atom. The minimum atomic E-state index is -1.36. The molecule has 2 aromatic rings. The number of aliphatic hydroxyl groups is 1. The van der Waals surface area contributed by atoms with E-state index in [2.05, 4.69) is 0 Å². The molecule has 0 aromatic heterocycles. The van der Waals surface area contributed by atoms with Gasteiger partial charge in [-0.1, -0.05) is 18.2 Å². The van der Waals surface area contributed by atoms with E-state index >= 15 is 0 Å². The van der Waals surface area contributed by atoms with Crippen molar-refractivity contribution in [3.8, 4) is 5.75 Å². The molecule has 18 heavy (non-hydrogen) atoms. The smallest absolute Gasteiger partial charge is 0.132 e. The van der Waals surface area contributed by atoms with Crippen molar-refractivity contribution in [2.24, 2.45) is 0 Å². The van der Waals surface area contributed by atoms with E-state index in [0.717, 1.165) is 12.1 Å². The van der Waals surface area contributed by atoms with Gasteiger partial charge in [-0.25, -0.2) is 8.78 Å². The lowest BCUT2D eigenvalue weighted by atomic mass is 10.0. The SMILES string of the molecule is COc1cccc(C(O)c2c(F)cccc2F)c1. The van der Waals surface area contributed by atoms with E-state index in [9.17, 15) is 13.9 Å². The largest absolute Gasteiger partial charge is 0.497 e. The van der Waals surface area contributed by atoms with Crippen molar-refractivity contribution in [2.45, 2.75) is 6.10 Å². The fourth-order valence-corrected chi connectivity index (χ4v) is 1.75. The fourth-order valence-electron chi connectivity index (χ4n) is 1.75. The first kappa shape index (κ1) is 12.5. The van der Waals surface area contributed by atoms with Gasteiger partial charge in [-0.3, -0.25) is 0 Å². The Morgan fingerprint density at radius 2 is 1.67 bits per heavy atom. The van der Waals surface area contributed by atoms with Gasteiger partial charge in [-0.05, 0) is 29.8 Å². The minimum absolute atomic E-state index is 0.356. The van der Waals surface area contributed by atoms with Crippen molar-refractivity contribution in [3.63, 3.8) is 0 Å². The summed E-state index contributed by atoms with van der Waals surface area (Å²) >= 11 is 0. The number of methoxy groups -OCH3 is 1. The molecule has 0 bridgehead atoms. The summed E-state index contributed by atoms with van der Waals surface area (Å²) < 4.78 is 32.1. The third kappa shape index (κ3) is 2.33. The Bertz CT molecular complexity index is 535. The molecule has 4 heteroatoms. The summed E-state index contributed by atoms with van der Waals surface area (Å²) in [6, 6.07) is 9.94. The number of hydrogen-bond donors (Lipinski definition) is 1. The summed E-state index contributed by atoms with van der Waals surface area (Å²) in [6.45, 7) is 0. The molecule has 94 valence electrons. The molecular weight excluding hydrogens is 238 g/mol. The number of rotatable bonds is 3. The zero-order valence-electron chi connectivity index (χ0n) is 9.73. The first-order valence-electron chi connectivity index (χ1n) is 5.39. The molecule has 0 aliphatic carbocycles. The van der Waals surface area contributed by atoms with Gasteiger partial charge in [0.05, 0.1) is 12.7 Å². The molecule has 0 saturated heterocycles. The van der Waals surface area contributed by atoms with Crippen LogP contribution in [0.25, 0.3) is 0 Å². The van der Waals surface area contributed by atoms with E-state index in [-0.39, 0.29) is 5.56 Å². The maximum atomic E-state index is 13.5. The highest BCUT2D eigenvalue weighted by Crippen LogP contribution is 2.28. The second kappa shape index (κ2) is 5.14. The van der Waals surface area contributed by atoms with Crippen LogP contribution in [0.5, 0.6) is 5.75 Å². The van der Waals surface area contributed by atoms with E-state index in [1.807, 2.05) is 0 Å². The third-order valence-corrected chi connectivity index (χ3v) is 2.68. The molecule has 2 nitrogen and oxygen atoms in total. The molecule has 1 N–H and O–H groups in total. The van der Waals surface area contributed by atoms with Gasteiger partial charge in [-0.2, -0.15) is 0 Å². The second-order valence-corrected chi connectivity index (χ2v) is 3.81. The van der Waals surface area contributed by atoms with Gasteiger partial charge >= 0.3 is 0 Å². The first-order valence-corrected chi connectivity index (χ1v) is 5.39. The average Bonchev–Trinajstić information content (AvgIpc) is 2.38. The Kier molecular flexibility index (Phi) is 3.58. The van der Waals surface area contributed by atoms with E-state index in [4.69, 9.17) is 4.74 Å². The number of ether oxygens (including phenoxy) is 1. The quantitative estimate of drug-likeness (QED) is 0.907. The third-order valence-electron chi connectivity index (χ3n) is 2.68. The second-order valence-electron chi connectivity index (χ2n) is 3.81. The van der Waals surface area contributed by atoms with Crippen LogP contribution >= 0.6 is 0 Å². The number of hydrogen-bond acceptors (Lipinski definition) is 2. The van der Waals surface area contributed by atoms with Crippen LogP contribution in [0.15, 0.2) is 42.5 Å². The summed E-state index contributed by atoms with van der Waals surface area (Å²) in [4.78, 5) is 0. The van der Waals surface area contributed by atoms with Crippen molar-refractivity contribution in [1.82, 2.24) is 0 Å². The van der Waals surface area contributed by atoms with Crippen molar-refractivity contribution >= 4 is 0 Å². The zero-order chi connectivity index (χ0) is 13.1. The van der Waals surface area contributed by atoms with Crippen LogP contribution in [-0.4, -0.2) is 12.2 Å². The van der Waals surface area contributed by atoms with Gasteiger partial charge in [0.2, 0.25) is 0 Å². The maximum absolute atomic E-state index is 13.5. The average molecular weight is 250 g/mol. The summed E-state index contributed by atoms with van der Waals surface area (Å²) in [5.41, 5.74) is 0.0177. The van der Waals surface area contributed by atoms with Crippen molar-refractivity contribution in [1.29, 1.82) is 0 Å². The molecule has 0 aliphatic rings. The topological polar surface area (TPSA) is 29.5 Å². The van der Waals surface area contributed by atoms with Crippen LogP contribution < -0.4 is 4.74 Å². The predicted octanol–water partition coefficient (Wildman–Crippen LogP) is 3.06.